The lowest BCUT2D eigenvalue weighted by atomic mass is 10.1. The molecule has 1 aliphatic heterocycles. The summed E-state index contributed by atoms with van der Waals surface area (Å²) in [5.41, 5.74) is 6.49. The average molecular weight is 214 g/mol. The molecular formula is C12H14N4. The van der Waals surface area contributed by atoms with Crippen molar-refractivity contribution in [3.8, 4) is 6.07 Å². The Bertz CT molecular complexity index is 463. The first-order chi connectivity index (χ1) is 7.78. The number of fused-ring (bicyclic) bond motifs is 2. The highest BCUT2D eigenvalue weighted by Crippen LogP contribution is 2.39. The van der Waals surface area contributed by atoms with Crippen LogP contribution in [0.3, 0.4) is 0 Å². The highest BCUT2D eigenvalue weighted by molar-refractivity contribution is 5.56. The number of rotatable bonds is 1. The number of piperidine rings is 1. The predicted octanol–water partition coefficient (Wildman–Crippen LogP) is 1.52. The summed E-state index contributed by atoms with van der Waals surface area (Å²) in [6.07, 6.45) is 3.90. The van der Waals surface area contributed by atoms with Crippen molar-refractivity contribution in [3.05, 3.63) is 17.8 Å². The molecule has 1 saturated carbocycles. The van der Waals surface area contributed by atoms with Gasteiger partial charge in [-0.15, -0.1) is 0 Å². The summed E-state index contributed by atoms with van der Waals surface area (Å²) in [4.78, 5) is 6.66. The zero-order valence-corrected chi connectivity index (χ0v) is 9.06. The lowest BCUT2D eigenvalue weighted by molar-refractivity contribution is 0.550. The molecule has 1 aromatic heterocycles. The maximum Gasteiger partial charge on any atom is 0.165 e. The number of aromatic nitrogens is 1. The third-order valence-corrected chi connectivity index (χ3v) is 3.72. The normalized spacial score (nSPS) is 27.1. The van der Waals surface area contributed by atoms with Crippen LogP contribution in [0, 0.1) is 17.2 Å². The van der Waals surface area contributed by atoms with Gasteiger partial charge in [-0.25, -0.2) is 4.98 Å². The molecule has 0 spiro atoms. The summed E-state index contributed by atoms with van der Waals surface area (Å²) < 4.78 is 0. The second kappa shape index (κ2) is 3.38. The molecule has 2 heterocycles. The van der Waals surface area contributed by atoms with Crippen LogP contribution in [-0.4, -0.2) is 17.6 Å². The molecule has 1 saturated heterocycles. The van der Waals surface area contributed by atoms with E-state index in [9.17, 15) is 0 Å². The van der Waals surface area contributed by atoms with Gasteiger partial charge in [0.25, 0.3) is 0 Å². The highest BCUT2D eigenvalue weighted by atomic mass is 15.2. The minimum Gasteiger partial charge on any atom is -0.396 e. The second-order valence-electron chi connectivity index (χ2n) is 4.70. The molecular weight excluding hydrogens is 200 g/mol. The lowest BCUT2D eigenvalue weighted by Crippen LogP contribution is -2.32. The highest BCUT2D eigenvalue weighted by Gasteiger charge is 2.38. The summed E-state index contributed by atoms with van der Waals surface area (Å²) in [5, 5.41) is 8.91. The Morgan fingerprint density at radius 2 is 2.31 bits per heavy atom. The topological polar surface area (TPSA) is 65.9 Å². The van der Waals surface area contributed by atoms with Crippen molar-refractivity contribution < 1.29 is 0 Å². The fourth-order valence-corrected chi connectivity index (χ4v) is 2.91. The van der Waals surface area contributed by atoms with E-state index in [1.807, 2.05) is 12.1 Å². The summed E-state index contributed by atoms with van der Waals surface area (Å²) >= 11 is 0. The maximum absolute atomic E-state index is 8.91. The monoisotopic (exact) mass is 214 g/mol. The third kappa shape index (κ3) is 1.32. The van der Waals surface area contributed by atoms with Crippen LogP contribution in [0.15, 0.2) is 12.1 Å². The van der Waals surface area contributed by atoms with E-state index < -0.39 is 0 Å². The van der Waals surface area contributed by atoms with E-state index in [4.69, 9.17) is 11.0 Å². The molecule has 1 aromatic rings. The summed E-state index contributed by atoms with van der Waals surface area (Å²) in [7, 11) is 0. The minimum atomic E-state index is 0.347. The molecule has 2 unspecified atom stereocenters. The van der Waals surface area contributed by atoms with Gasteiger partial charge >= 0.3 is 0 Å². The van der Waals surface area contributed by atoms with Crippen molar-refractivity contribution in [2.45, 2.75) is 25.3 Å². The van der Waals surface area contributed by atoms with Gasteiger partial charge in [-0.3, -0.25) is 0 Å². The molecule has 4 heteroatoms. The average Bonchev–Trinajstić information content (AvgIpc) is 2.91. The molecule has 3 rings (SSSR count). The van der Waals surface area contributed by atoms with Crippen molar-refractivity contribution in [1.82, 2.24) is 4.98 Å². The minimum absolute atomic E-state index is 0.347. The van der Waals surface area contributed by atoms with Gasteiger partial charge in [-0.2, -0.15) is 5.26 Å². The Labute approximate surface area is 94.7 Å². The molecule has 2 bridgehead atoms. The summed E-state index contributed by atoms with van der Waals surface area (Å²) in [6.45, 7) is 1.09. The van der Waals surface area contributed by atoms with Crippen LogP contribution in [-0.2, 0) is 0 Å². The van der Waals surface area contributed by atoms with Gasteiger partial charge in [0.15, 0.2) is 5.69 Å². The SMILES string of the molecule is N#Cc1nc(N2CC3CCC2C3)ccc1N. The number of nitriles is 1. The molecule has 2 aliphatic rings. The van der Waals surface area contributed by atoms with E-state index in [0.29, 0.717) is 17.4 Å². The zero-order chi connectivity index (χ0) is 11.1. The largest absolute Gasteiger partial charge is 0.396 e. The molecule has 0 aromatic carbocycles. The molecule has 82 valence electrons. The lowest BCUT2D eigenvalue weighted by Gasteiger charge is -2.28. The standard InChI is InChI=1S/C12H14N4/c13-6-11-10(14)3-4-12(15-11)16-7-8-1-2-9(16)5-8/h3-4,8-9H,1-2,5,7,14H2. The van der Waals surface area contributed by atoms with E-state index in [-0.39, 0.29) is 0 Å². The first-order valence-electron chi connectivity index (χ1n) is 5.71. The van der Waals surface area contributed by atoms with Crippen LogP contribution in [0.5, 0.6) is 0 Å². The summed E-state index contributed by atoms with van der Waals surface area (Å²) in [5.74, 6) is 1.74. The van der Waals surface area contributed by atoms with Gasteiger partial charge in [0.1, 0.15) is 11.9 Å². The first kappa shape index (κ1) is 9.46. The number of nitrogen functional groups attached to an aromatic ring is 1. The Morgan fingerprint density at radius 1 is 1.44 bits per heavy atom. The van der Waals surface area contributed by atoms with Gasteiger partial charge in [0.05, 0.1) is 5.69 Å². The zero-order valence-electron chi connectivity index (χ0n) is 9.06. The van der Waals surface area contributed by atoms with Gasteiger partial charge in [0.2, 0.25) is 0 Å². The van der Waals surface area contributed by atoms with Crippen LogP contribution in [0.4, 0.5) is 11.5 Å². The summed E-state index contributed by atoms with van der Waals surface area (Å²) in [6, 6.07) is 6.38. The molecule has 0 radical (unpaired) electrons. The number of nitrogens with zero attached hydrogens (tertiary/aromatic N) is 3. The van der Waals surface area contributed by atoms with Crippen LogP contribution < -0.4 is 10.6 Å². The predicted molar refractivity (Wildman–Crippen MR) is 61.8 cm³/mol. The molecule has 1 aliphatic carbocycles. The number of hydrogen-bond donors (Lipinski definition) is 1. The van der Waals surface area contributed by atoms with E-state index in [0.717, 1.165) is 18.3 Å². The molecule has 2 N–H and O–H groups in total. The maximum atomic E-state index is 8.91. The molecule has 2 atom stereocenters. The van der Waals surface area contributed by atoms with Crippen molar-refractivity contribution in [3.63, 3.8) is 0 Å². The van der Waals surface area contributed by atoms with E-state index in [1.165, 1.54) is 19.3 Å². The number of pyridine rings is 1. The Balaban J connectivity index is 1.93. The Kier molecular flexibility index (Phi) is 2.00. The van der Waals surface area contributed by atoms with Gasteiger partial charge < -0.3 is 10.6 Å². The van der Waals surface area contributed by atoms with Crippen molar-refractivity contribution in [2.24, 2.45) is 5.92 Å². The van der Waals surface area contributed by atoms with Crippen molar-refractivity contribution in [1.29, 1.82) is 5.26 Å². The van der Waals surface area contributed by atoms with Gasteiger partial charge in [-0.1, -0.05) is 0 Å². The van der Waals surface area contributed by atoms with E-state index in [2.05, 4.69) is 9.88 Å². The molecule has 2 fully saturated rings. The molecule has 4 nitrogen and oxygen atoms in total. The van der Waals surface area contributed by atoms with Crippen molar-refractivity contribution in [2.75, 3.05) is 17.2 Å². The number of hydrogen-bond acceptors (Lipinski definition) is 4. The van der Waals surface area contributed by atoms with E-state index >= 15 is 0 Å². The van der Waals surface area contributed by atoms with Crippen LogP contribution in [0.2, 0.25) is 0 Å². The smallest absolute Gasteiger partial charge is 0.165 e. The third-order valence-electron chi connectivity index (χ3n) is 3.72. The number of nitrogens with two attached hydrogens (primary N) is 1. The second-order valence-corrected chi connectivity index (χ2v) is 4.70. The van der Waals surface area contributed by atoms with Crippen LogP contribution in [0.25, 0.3) is 0 Å². The molecule has 0 amide bonds. The molecule has 16 heavy (non-hydrogen) atoms. The van der Waals surface area contributed by atoms with Crippen LogP contribution in [0.1, 0.15) is 25.0 Å². The van der Waals surface area contributed by atoms with Crippen LogP contribution >= 0.6 is 0 Å². The Morgan fingerprint density at radius 3 is 2.94 bits per heavy atom. The van der Waals surface area contributed by atoms with Gasteiger partial charge in [-0.05, 0) is 37.3 Å². The van der Waals surface area contributed by atoms with Gasteiger partial charge in [0, 0.05) is 12.6 Å². The van der Waals surface area contributed by atoms with E-state index in [1.54, 1.807) is 6.07 Å². The quantitative estimate of drug-likeness (QED) is 0.769. The number of anilines is 2. The first-order valence-corrected chi connectivity index (χ1v) is 5.71. The fourth-order valence-electron chi connectivity index (χ4n) is 2.91. The van der Waals surface area contributed by atoms with Crippen molar-refractivity contribution >= 4 is 11.5 Å². The Hall–Kier alpha value is -1.76. The fraction of sp³-hybridized carbons (Fsp3) is 0.500.